The number of esters is 1. The number of hydrogen-bond acceptors (Lipinski definition) is 8. The summed E-state index contributed by atoms with van der Waals surface area (Å²) >= 11 is 12.0. The number of nitriles is 1. The van der Waals surface area contributed by atoms with Crippen molar-refractivity contribution in [3.05, 3.63) is 56.6 Å². The number of carbonyl (C=O) groups excluding carboxylic acids is 1. The lowest BCUT2D eigenvalue weighted by atomic mass is 10.2. The fourth-order valence-electron chi connectivity index (χ4n) is 2.47. The second kappa shape index (κ2) is 11.1. The van der Waals surface area contributed by atoms with Crippen LogP contribution in [-0.4, -0.2) is 30.6 Å². The van der Waals surface area contributed by atoms with Crippen LogP contribution >= 0.6 is 23.2 Å². The van der Waals surface area contributed by atoms with Crippen molar-refractivity contribution >= 4 is 51.9 Å². The number of nitrogens with zero attached hydrogens (tertiary/aromatic N) is 5. The smallest absolute Gasteiger partial charge is 0.308 e. The van der Waals surface area contributed by atoms with Crippen LogP contribution in [0.3, 0.4) is 0 Å². The van der Waals surface area contributed by atoms with Gasteiger partial charge in [0.1, 0.15) is 11.8 Å². The van der Waals surface area contributed by atoms with E-state index in [0.29, 0.717) is 18.8 Å². The first-order chi connectivity index (χ1) is 14.3. The molecule has 0 unspecified atom stereocenters. The highest BCUT2D eigenvalue weighted by atomic mass is 35.5. The highest BCUT2D eigenvalue weighted by Gasteiger charge is 2.14. The number of nitro groups is 1. The van der Waals surface area contributed by atoms with Gasteiger partial charge in [-0.2, -0.15) is 10.4 Å². The van der Waals surface area contributed by atoms with E-state index in [4.69, 9.17) is 33.2 Å². The highest BCUT2D eigenvalue weighted by Crippen LogP contribution is 2.37. The minimum absolute atomic E-state index is 0.0232. The lowest BCUT2D eigenvalue weighted by Crippen LogP contribution is -2.26. The summed E-state index contributed by atoms with van der Waals surface area (Å²) < 4.78 is 4.74. The number of benzene rings is 2. The van der Waals surface area contributed by atoms with Gasteiger partial charge < -0.3 is 9.64 Å². The Bertz CT molecular complexity index is 966. The van der Waals surface area contributed by atoms with Crippen LogP contribution in [0.1, 0.15) is 13.3 Å². The van der Waals surface area contributed by atoms with Crippen molar-refractivity contribution in [2.45, 2.75) is 13.3 Å². The van der Waals surface area contributed by atoms with E-state index in [1.807, 2.05) is 24.0 Å². The van der Waals surface area contributed by atoms with E-state index in [0.717, 1.165) is 17.8 Å². The molecule has 0 aromatic heterocycles. The highest BCUT2D eigenvalue weighted by molar-refractivity contribution is 6.39. The molecule has 0 fully saturated rings. The molecule has 0 aliphatic carbocycles. The number of ether oxygens (including phenoxy) is 1. The summed E-state index contributed by atoms with van der Waals surface area (Å²) in [5.74, 6) is -0.433. The van der Waals surface area contributed by atoms with Crippen molar-refractivity contribution in [3.63, 3.8) is 0 Å². The summed E-state index contributed by atoms with van der Waals surface area (Å²) in [6.45, 7) is 2.80. The molecule has 0 N–H and O–H groups in total. The quantitative estimate of drug-likeness (QED) is 0.212. The topological polar surface area (TPSA) is 121 Å². The van der Waals surface area contributed by atoms with Gasteiger partial charge in [0.2, 0.25) is 0 Å². The van der Waals surface area contributed by atoms with E-state index in [1.165, 1.54) is 0 Å². The van der Waals surface area contributed by atoms with E-state index in [2.05, 4.69) is 10.2 Å². The number of azo groups is 1. The third-order valence-electron chi connectivity index (χ3n) is 3.96. The normalized spacial score (nSPS) is 10.6. The first-order valence-corrected chi connectivity index (χ1v) is 9.54. The summed E-state index contributed by atoms with van der Waals surface area (Å²) in [5.41, 5.74) is 1.30. The first kappa shape index (κ1) is 23.1. The van der Waals surface area contributed by atoms with E-state index in [9.17, 15) is 14.9 Å². The van der Waals surface area contributed by atoms with Gasteiger partial charge in [-0.3, -0.25) is 14.9 Å². The number of rotatable bonds is 9. The lowest BCUT2D eigenvalue weighted by Gasteiger charge is -2.22. The van der Waals surface area contributed by atoms with Gasteiger partial charge >= 0.3 is 5.97 Å². The Morgan fingerprint density at radius 2 is 1.87 bits per heavy atom. The molecule has 0 atom stereocenters. The predicted octanol–water partition coefficient (Wildman–Crippen LogP) is 5.60. The van der Waals surface area contributed by atoms with Gasteiger partial charge in [0.25, 0.3) is 5.69 Å². The maximum Gasteiger partial charge on any atom is 0.308 e. The summed E-state index contributed by atoms with van der Waals surface area (Å²) in [5, 5.41) is 27.4. The second-order valence-corrected chi connectivity index (χ2v) is 6.69. The van der Waals surface area contributed by atoms with Gasteiger partial charge in [0.15, 0.2) is 6.61 Å². The first-order valence-electron chi connectivity index (χ1n) is 8.78. The largest absolute Gasteiger partial charge is 0.450 e. The Kier molecular flexibility index (Phi) is 8.53. The Morgan fingerprint density at radius 3 is 2.40 bits per heavy atom. The van der Waals surface area contributed by atoms with Crippen molar-refractivity contribution < 1.29 is 14.5 Å². The number of carbonyl (C=O) groups is 1. The maximum absolute atomic E-state index is 11.6. The average molecular weight is 450 g/mol. The lowest BCUT2D eigenvalue weighted by molar-refractivity contribution is -0.384. The SMILES string of the molecule is CCN(CCC(=O)OCC#N)c1ccc(N=Nc2c(Cl)cc([N+](=O)[O-])cc2Cl)cc1. The molecule has 0 bridgehead atoms. The third-order valence-corrected chi connectivity index (χ3v) is 4.53. The number of halogens is 2. The van der Waals surface area contributed by atoms with Crippen LogP contribution in [-0.2, 0) is 9.53 Å². The van der Waals surface area contributed by atoms with E-state index < -0.39 is 10.9 Å². The molecule has 0 aliphatic rings. The van der Waals surface area contributed by atoms with Crippen LogP contribution in [0.25, 0.3) is 0 Å². The van der Waals surface area contributed by atoms with Gasteiger partial charge in [-0.05, 0) is 31.2 Å². The standard InChI is InChI=1S/C19H17Cl2N5O4/c1-2-25(9-7-18(27)30-10-8-22)14-5-3-13(4-6-14)23-24-19-16(20)11-15(26(28)29)12-17(19)21/h3-6,11-12H,2,7,9-10H2,1H3. The fourth-order valence-corrected chi connectivity index (χ4v) is 3.02. The van der Waals surface area contributed by atoms with Gasteiger partial charge in [0.05, 0.1) is 27.1 Å². The summed E-state index contributed by atoms with van der Waals surface area (Å²) in [7, 11) is 0. The molecule has 0 saturated carbocycles. The maximum atomic E-state index is 11.6. The summed E-state index contributed by atoms with van der Waals surface area (Å²) in [6.07, 6.45) is 0.161. The third kappa shape index (κ3) is 6.40. The van der Waals surface area contributed by atoms with Crippen LogP contribution in [0.4, 0.5) is 22.7 Å². The zero-order valence-corrected chi connectivity index (χ0v) is 17.4. The molecule has 2 aromatic rings. The Labute approximate surface area is 182 Å². The molecule has 30 heavy (non-hydrogen) atoms. The second-order valence-electron chi connectivity index (χ2n) is 5.88. The van der Waals surface area contributed by atoms with Crippen LogP contribution in [0.5, 0.6) is 0 Å². The molecular formula is C19H17Cl2N5O4. The zero-order chi connectivity index (χ0) is 22.1. The Balaban J connectivity index is 2.07. The van der Waals surface area contributed by atoms with Crippen LogP contribution in [0.15, 0.2) is 46.6 Å². The van der Waals surface area contributed by atoms with Crippen LogP contribution in [0, 0.1) is 21.4 Å². The molecule has 2 aromatic carbocycles. The minimum atomic E-state index is -0.597. The summed E-state index contributed by atoms with van der Waals surface area (Å²) in [6, 6.07) is 11.2. The predicted molar refractivity (Wildman–Crippen MR) is 113 cm³/mol. The van der Waals surface area contributed by atoms with Gasteiger partial charge in [0, 0.05) is 30.9 Å². The number of nitro benzene ring substituents is 1. The molecule has 0 aliphatic heterocycles. The number of anilines is 1. The minimum Gasteiger partial charge on any atom is -0.450 e. The van der Waals surface area contributed by atoms with Gasteiger partial charge in [-0.15, -0.1) is 5.11 Å². The summed E-state index contributed by atoms with van der Waals surface area (Å²) in [4.78, 5) is 23.8. The monoisotopic (exact) mass is 449 g/mol. The fraction of sp³-hybridized carbons (Fsp3) is 0.263. The molecule has 0 radical (unpaired) electrons. The molecule has 2 rings (SSSR count). The molecule has 0 heterocycles. The molecule has 0 saturated heterocycles. The van der Waals surface area contributed by atoms with Gasteiger partial charge in [-0.25, -0.2) is 0 Å². The van der Waals surface area contributed by atoms with Crippen molar-refractivity contribution in [2.24, 2.45) is 10.2 Å². The van der Waals surface area contributed by atoms with E-state index in [1.54, 1.807) is 18.2 Å². The van der Waals surface area contributed by atoms with Crippen molar-refractivity contribution in [1.29, 1.82) is 5.26 Å². The Morgan fingerprint density at radius 1 is 1.23 bits per heavy atom. The molecular weight excluding hydrogens is 433 g/mol. The molecule has 156 valence electrons. The number of hydrogen-bond donors (Lipinski definition) is 0. The average Bonchev–Trinajstić information content (AvgIpc) is 2.72. The van der Waals surface area contributed by atoms with Crippen molar-refractivity contribution in [2.75, 3.05) is 24.6 Å². The molecule has 0 spiro atoms. The van der Waals surface area contributed by atoms with E-state index in [-0.39, 0.29) is 34.4 Å². The zero-order valence-electron chi connectivity index (χ0n) is 15.9. The molecule has 11 heteroatoms. The van der Waals surface area contributed by atoms with Crippen molar-refractivity contribution in [3.8, 4) is 6.07 Å². The van der Waals surface area contributed by atoms with Crippen molar-refractivity contribution in [1.82, 2.24) is 0 Å². The van der Waals surface area contributed by atoms with Crippen LogP contribution in [0.2, 0.25) is 10.0 Å². The Hall–Kier alpha value is -3.22. The van der Waals surface area contributed by atoms with E-state index >= 15 is 0 Å². The number of non-ortho nitro benzene ring substituents is 1. The molecule has 9 nitrogen and oxygen atoms in total. The van der Waals surface area contributed by atoms with Gasteiger partial charge in [-0.1, -0.05) is 23.2 Å². The molecule has 0 amide bonds. The van der Waals surface area contributed by atoms with Crippen LogP contribution < -0.4 is 4.90 Å².